The Balaban J connectivity index is 4.41. The second kappa shape index (κ2) is 36.5. The summed E-state index contributed by atoms with van der Waals surface area (Å²) in [4.78, 5) is 47.1. The highest BCUT2D eigenvalue weighted by Gasteiger charge is 2.27. The maximum Gasteiger partial charge on any atom is 0.472 e. The minimum absolute atomic E-state index is 0.0192. The number of phosphoric acid groups is 1. The number of phosphoric ester groups is 1. The van der Waals surface area contributed by atoms with Crippen LogP contribution in [0.1, 0.15) is 187 Å². The highest BCUT2D eigenvalue weighted by molar-refractivity contribution is 7.47. The van der Waals surface area contributed by atoms with Crippen molar-refractivity contribution in [1.29, 1.82) is 0 Å². The zero-order valence-electron chi connectivity index (χ0n) is 35.9. The first-order valence-corrected chi connectivity index (χ1v) is 23.5. The van der Waals surface area contributed by atoms with E-state index in [1.54, 1.807) is 6.08 Å². The summed E-state index contributed by atoms with van der Waals surface area (Å²) in [6, 6.07) is 0. The number of rotatable bonds is 40. The fraction of sp³-hybridized carbons (Fsp3) is 0.841. The molecule has 55 heavy (non-hydrogen) atoms. The molecule has 0 aromatic rings. The number of hydrogen-bond donors (Lipinski definition) is 1. The van der Waals surface area contributed by atoms with Crippen LogP contribution in [0.15, 0.2) is 24.3 Å². The Morgan fingerprint density at radius 3 is 1.62 bits per heavy atom. The van der Waals surface area contributed by atoms with Crippen LogP contribution >= 0.6 is 7.82 Å². The van der Waals surface area contributed by atoms with Crippen LogP contribution in [0.5, 0.6) is 0 Å². The lowest BCUT2D eigenvalue weighted by molar-refractivity contribution is -0.870. The number of ketones is 1. The molecule has 0 spiro atoms. The van der Waals surface area contributed by atoms with E-state index < -0.39 is 32.5 Å². The monoisotopic (exact) mass is 801 g/mol. The summed E-state index contributed by atoms with van der Waals surface area (Å²) in [6.07, 6.45) is 34.8. The van der Waals surface area contributed by atoms with E-state index in [9.17, 15) is 23.8 Å². The number of carbonyl (C=O) groups is 3. The van der Waals surface area contributed by atoms with E-state index in [-0.39, 0.29) is 31.8 Å². The molecule has 0 bridgehead atoms. The van der Waals surface area contributed by atoms with Gasteiger partial charge < -0.3 is 18.9 Å². The number of hydrogen-bond acceptors (Lipinski definition) is 8. The Labute approximate surface area is 336 Å². The number of likely N-dealkylation sites (N-methyl/N-ethyl adjacent to an activating group) is 1. The van der Waals surface area contributed by atoms with Crippen molar-refractivity contribution in [2.45, 2.75) is 193 Å². The van der Waals surface area contributed by atoms with E-state index >= 15 is 0 Å². The first-order valence-electron chi connectivity index (χ1n) is 22.0. The molecule has 0 amide bonds. The van der Waals surface area contributed by atoms with Gasteiger partial charge in [0.05, 0.1) is 27.7 Å². The third-order valence-corrected chi connectivity index (χ3v) is 10.4. The fourth-order valence-corrected chi connectivity index (χ4v) is 6.68. The van der Waals surface area contributed by atoms with Gasteiger partial charge in [-0.25, -0.2) is 4.57 Å². The van der Waals surface area contributed by atoms with Crippen LogP contribution in [0.3, 0.4) is 0 Å². The zero-order chi connectivity index (χ0) is 40.9. The molecule has 0 aliphatic heterocycles. The van der Waals surface area contributed by atoms with Gasteiger partial charge >= 0.3 is 19.8 Å². The van der Waals surface area contributed by atoms with E-state index in [0.29, 0.717) is 30.3 Å². The summed E-state index contributed by atoms with van der Waals surface area (Å²) in [5, 5.41) is 0. The lowest BCUT2D eigenvalue weighted by atomic mass is 10.0. The van der Waals surface area contributed by atoms with Crippen LogP contribution in [-0.2, 0) is 37.5 Å². The number of carbonyl (C=O) groups excluding carboxylic acids is 3. The lowest BCUT2D eigenvalue weighted by Crippen LogP contribution is -2.37. The van der Waals surface area contributed by atoms with Crippen molar-refractivity contribution in [3.63, 3.8) is 0 Å². The summed E-state index contributed by atoms with van der Waals surface area (Å²) in [6.45, 7) is 4.22. The van der Waals surface area contributed by atoms with Crippen LogP contribution in [0, 0.1) is 0 Å². The quantitative estimate of drug-likeness (QED) is 0.0161. The molecule has 1 N–H and O–H groups in total. The van der Waals surface area contributed by atoms with Gasteiger partial charge in [0.15, 0.2) is 11.9 Å². The Kier molecular flexibility index (Phi) is 35.3. The van der Waals surface area contributed by atoms with Crippen molar-refractivity contribution in [2.24, 2.45) is 0 Å². The number of nitrogens with zero attached hydrogens (tertiary/aromatic N) is 1. The van der Waals surface area contributed by atoms with Gasteiger partial charge in [0, 0.05) is 19.3 Å². The number of unbranched alkanes of at least 4 members (excludes halogenated alkanes) is 21. The second-order valence-electron chi connectivity index (χ2n) is 16.1. The van der Waals surface area contributed by atoms with Crippen molar-refractivity contribution >= 4 is 25.5 Å². The molecular formula is C44H83NO9P+. The molecule has 0 aliphatic rings. The molecule has 0 rings (SSSR count). The van der Waals surface area contributed by atoms with Crippen molar-refractivity contribution in [1.82, 2.24) is 0 Å². The van der Waals surface area contributed by atoms with Gasteiger partial charge in [-0.05, 0) is 38.2 Å². The van der Waals surface area contributed by atoms with Gasteiger partial charge in [0.25, 0.3) is 0 Å². The van der Waals surface area contributed by atoms with Crippen molar-refractivity contribution < 1.29 is 46.8 Å². The number of ether oxygens (including phenoxy) is 2. The minimum Gasteiger partial charge on any atom is -0.462 e. The highest BCUT2D eigenvalue weighted by Crippen LogP contribution is 2.43. The highest BCUT2D eigenvalue weighted by atomic mass is 31.2. The van der Waals surface area contributed by atoms with Gasteiger partial charge in [-0.3, -0.25) is 23.4 Å². The zero-order valence-corrected chi connectivity index (χ0v) is 36.8. The molecule has 0 aromatic carbocycles. The van der Waals surface area contributed by atoms with Gasteiger partial charge in [0.2, 0.25) is 0 Å². The molecule has 10 nitrogen and oxygen atoms in total. The fourth-order valence-electron chi connectivity index (χ4n) is 5.94. The van der Waals surface area contributed by atoms with E-state index in [2.05, 4.69) is 19.9 Å². The predicted octanol–water partition coefficient (Wildman–Crippen LogP) is 11.5. The maximum absolute atomic E-state index is 12.7. The van der Waals surface area contributed by atoms with E-state index in [1.165, 1.54) is 70.6 Å². The Bertz CT molecular complexity index is 1060. The Morgan fingerprint density at radius 2 is 1.07 bits per heavy atom. The third-order valence-electron chi connectivity index (χ3n) is 9.46. The van der Waals surface area contributed by atoms with Gasteiger partial charge in [-0.15, -0.1) is 0 Å². The first kappa shape index (κ1) is 53.2. The van der Waals surface area contributed by atoms with E-state index in [0.717, 1.165) is 70.6 Å². The molecule has 0 radical (unpaired) electrons. The number of quaternary nitrogens is 1. The van der Waals surface area contributed by atoms with Gasteiger partial charge in [0.1, 0.15) is 19.8 Å². The largest absolute Gasteiger partial charge is 0.472 e. The molecule has 0 saturated carbocycles. The van der Waals surface area contributed by atoms with Crippen LogP contribution in [0.25, 0.3) is 0 Å². The van der Waals surface area contributed by atoms with E-state index in [1.807, 2.05) is 33.3 Å². The van der Waals surface area contributed by atoms with Crippen LogP contribution in [0.2, 0.25) is 0 Å². The molecular weight excluding hydrogens is 717 g/mol. The molecule has 0 aromatic heterocycles. The Morgan fingerprint density at radius 1 is 0.600 bits per heavy atom. The SMILES string of the molecule is CCCCCCCCCCCCCCCCCC(=O)O[C@H](COC(=O)CCCCCCC/C=C\C=C\C(=O)CCCCC)COP(=O)(O)OCC[N+](C)(C)C. The molecule has 1 unspecified atom stereocenters. The molecule has 0 fully saturated rings. The summed E-state index contributed by atoms with van der Waals surface area (Å²) in [5.74, 6) is -0.673. The van der Waals surface area contributed by atoms with Crippen molar-refractivity contribution in [3.8, 4) is 0 Å². The maximum atomic E-state index is 12.7. The molecule has 322 valence electrons. The molecule has 2 atom stereocenters. The lowest BCUT2D eigenvalue weighted by Gasteiger charge is -2.24. The normalized spacial score (nSPS) is 13.7. The average Bonchev–Trinajstić information content (AvgIpc) is 3.12. The molecule has 0 aliphatic carbocycles. The summed E-state index contributed by atoms with van der Waals surface area (Å²) in [7, 11) is 1.43. The minimum atomic E-state index is -4.39. The standard InChI is InChI=1S/C44H82NO9P/c1-6-8-10-11-12-13-14-15-16-17-18-21-25-28-32-36-44(48)54-42(40-53-55(49,50)52-38-37-45(3,4)5)39-51-43(47)35-31-27-24-22-19-20-23-26-30-34-41(46)33-29-9-7-2/h23,26,30,34,42H,6-22,24-25,27-29,31-33,35-40H2,1-5H3/p+1/b26-23-,34-30+/t42-/m1/s1. The summed E-state index contributed by atoms with van der Waals surface area (Å²) < 4.78 is 34.2. The van der Waals surface area contributed by atoms with Crippen LogP contribution in [0.4, 0.5) is 0 Å². The van der Waals surface area contributed by atoms with Gasteiger partial charge in [-0.2, -0.15) is 0 Å². The van der Waals surface area contributed by atoms with Crippen LogP contribution in [-0.4, -0.2) is 80.7 Å². The average molecular weight is 801 g/mol. The van der Waals surface area contributed by atoms with Gasteiger partial charge in [-0.1, -0.05) is 154 Å². The summed E-state index contributed by atoms with van der Waals surface area (Å²) in [5.41, 5.74) is 0. The second-order valence-corrected chi connectivity index (χ2v) is 17.6. The van der Waals surface area contributed by atoms with Crippen LogP contribution < -0.4 is 0 Å². The Hall–Kier alpha value is -1.84. The first-order chi connectivity index (χ1) is 26.4. The molecule has 0 heterocycles. The number of esters is 2. The topological polar surface area (TPSA) is 125 Å². The smallest absolute Gasteiger partial charge is 0.462 e. The van der Waals surface area contributed by atoms with Crippen molar-refractivity contribution in [3.05, 3.63) is 24.3 Å². The van der Waals surface area contributed by atoms with E-state index in [4.69, 9.17) is 18.5 Å². The summed E-state index contributed by atoms with van der Waals surface area (Å²) >= 11 is 0. The molecule has 0 saturated heterocycles. The molecule has 11 heteroatoms. The predicted molar refractivity (Wildman–Crippen MR) is 225 cm³/mol. The van der Waals surface area contributed by atoms with Crippen molar-refractivity contribution in [2.75, 3.05) is 47.5 Å². The third kappa shape index (κ3) is 40.2. The number of allylic oxidation sites excluding steroid dienone is 4.